The third-order valence-corrected chi connectivity index (χ3v) is 14.5. The van der Waals surface area contributed by atoms with E-state index >= 15 is 0 Å². The highest BCUT2D eigenvalue weighted by atomic mass is 16.7. The summed E-state index contributed by atoms with van der Waals surface area (Å²) in [6.45, 7) is 15.3. The number of hydrogen-bond donors (Lipinski definition) is 2. The van der Waals surface area contributed by atoms with Gasteiger partial charge in [0.1, 0.15) is 12.2 Å². The van der Waals surface area contributed by atoms with Crippen molar-refractivity contribution in [2.75, 3.05) is 0 Å². The molecular weight excluding hydrogens is 480 g/mol. The highest BCUT2D eigenvalue weighted by Gasteiger charge is 2.86. The summed E-state index contributed by atoms with van der Waals surface area (Å²) in [5.41, 5.74) is 0.0866. The van der Waals surface area contributed by atoms with Crippen molar-refractivity contribution in [3.8, 4) is 0 Å². The average Bonchev–Trinajstić information content (AvgIpc) is 3.57. The Kier molecular flexibility index (Phi) is 5.23. The van der Waals surface area contributed by atoms with Gasteiger partial charge in [-0.25, -0.2) is 0 Å². The summed E-state index contributed by atoms with van der Waals surface area (Å²) in [7, 11) is 0. The number of carbonyl (C=O) groups is 1. The first kappa shape index (κ1) is 26.2. The molecule has 7 fully saturated rings. The molecule has 0 aromatic rings. The fraction of sp³-hybridized carbons (Fsp3) is 0.969. The summed E-state index contributed by atoms with van der Waals surface area (Å²) in [4.78, 5) is 12.5. The van der Waals surface area contributed by atoms with Crippen molar-refractivity contribution < 1.29 is 29.2 Å². The zero-order valence-electron chi connectivity index (χ0n) is 24.6. The van der Waals surface area contributed by atoms with Crippen LogP contribution in [0.4, 0.5) is 0 Å². The largest absolute Gasteiger partial charge is 0.462 e. The standard InChI is InChI=1S/C32H50O6/c1-17(33)36-24-15-22-27(2,3)23(34)10-11-29(22,6)21-9-12-31-16-32(31,30(21,24)7)13-8-19(31)18-14-20(37-26(18)35)25-28(4,5)38-25/h18-26,34-35H,8-16H2,1-7H3/t18?,19-,20?,21+,22-,23+,24+,25?,26?,29+,30-,31+,32+/m0/s1. The minimum Gasteiger partial charge on any atom is -0.462 e. The zero-order valence-corrected chi connectivity index (χ0v) is 24.6. The number of aliphatic hydroxyl groups is 2. The van der Waals surface area contributed by atoms with Gasteiger partial charge in [-0.1, -0.05) is 27.7 Å². The summed E-state index contributed by atoms with van der Waals surface area (Å²) in [6.07, 6.45) is 8.43. The topological polar surface area (TPSA) is 88.5 Å². The smallest absolute Gasteiger partial charge is 0.302 e. The molecule has 0 radical (unpaired) electrons. The zero-order chi connectivity index (χ0) is 27.3. The van der Waals surface area contributed by atoms with Crippen LogP contribution in [-0.2, 0) is 19.0 Å². The van der Waals surface area contributed by atoms with Gasteiger partial charge in [0, 0.05) is 18.3 Å². The van der Waals surface area contributed by atoms with Gasteiger partial charge >= 0.3 is 5.97 Å². The molecule has 0 aromatic carbocycles. The molecule has 2 N–H and O–H groups in total. The van der Waals surface area contributed by atoms with Crippen molar-refractivity contribution in [1.29, 1.82) is 0 Å². The van der Waals surface area contributed by atoms with Gasteiger partial charge in [-0.3, -0.25) is 4.79 Å². The van der Waals surface area contributed by atoms with Crippen LogP contribution in [0.1, 0.15) is 106 Å². The molecule has 6 nitrogen and oxygen atoms in total. The van der Waals surface area contributed by atoms with Gasteiger partial charge in [-0.15, -0.1) is 0 Å². The SMILES string of the molecule is CC(=O)O[C@@H]1C[C@H]2C(C)(C)[C@H](O)CC[C@]2(C)[C@H]2CC[C@]34C[C@]3(CC[C@H]4C3CC(C4OC4(C)C)OC3O)[C@@]21C. The summed E-state index contributed by atoms with van der Waals surface area (Å²) in [6, 6.07) is 0. The number of fused-ring (bicyclic) bond motifs is 3. The first-order valence-electron chi connectivity index (χ1n) is 15.5. The van der Waals surface area contributed by atoms with Crippen molar-refractivity contribution in [2.45, 2.75) is 143 Å². The molecule has 2 heterocycles. The van der Waals surface area contributed by atoms with Gasteiger partial charge in [-0.2, -0.15) is 0 Å². The normalized spacial score (nSPS) is 59.2. The highest BCUT2D eigenvalue weighted by Crippen LogP contribution is 2.91. The van der Waals surface area contributed by atoms with Crippen LogP contribution in [0.5, 0.6) is 0 Å². The summed E-state index contributed by atoms with van der Waals surface area (Å²) >= 11 is 0. The molecule has 6 heteroatoms. The maximum atomic E-state index is 12.5. The Bertz CT molecular complexity index is 1040. The van der Waals surface area contributed by atoms with Crippen LogP contribution in [0.2, 0.25) is 0 Å². The molecule has 2 aliphatic heterocycles. The molecule has 0 aromatic heterocycles. The maximum Gasteiger partial charge on any atom is 0.302 e. The lowest BCUT2D eigenvalue weighted by atomic mass is 9.37. The van der Waals surface area contributed by atoms with Gasteiger partial charge in [0.2, 0.25) is 0 Å². The van der Waals surface area contributed by atoms with E-state index in [0.717, 1.165) is 44.9 Å². The van der Waals surface area contributed by atoms with E-state index in [2.05, 4.69) is 41.5 Å². The maximum absolute atomic E-state index is 12.5. The lowest BCUT2D eigenvalue weighted by molar-refractivity contribution is -0.249. The third kappa shape index (κ3) is 2.97. The van der Waals surface area contributed by atoms with Crippen LogP contribution >= 0.6 is 0 Å². The second-order valence-corrected chi connectivity index (χ2v) is 16.3. The number of epoxide rings is 1. The fourth-order valence-electron chi connectivity index (χ4n) is 12.7. The fourth-order valence-corrected chi connectivity index (χ4v) is 12.7. The Morgan fingerprint density at radius 1 is 0.921 bits per heavy atom. The third-order valence-electron chi connectivity index (χ3n) is 14.5. The quantitative estimate of drug-likeness (QED) is 0.384. The Morgan fingerprint density at radius 2 is 1.63 bits per heavy atom. The van der Waals surface area contributed by atoms with Crippen LogP contribution in [0.3, 0.4) is 0 Å². The Morgan fingerprint density at radius 3 is 2.29 bits per heavy atom. The van der Waals surface area contributed by atoms with E-state index in [9.17, 15) is 15.0 Å². The molecule has 0 amide bonds. The van der Waals surface area contributed by atoms with Crippen molar-refractivity contribution in [2.24, 2.45) is 50.7 Å². The van der Waals surface area contributed by atoms with Gasteiger partial charge < -0.3 is 24.4 Å². The molecule has 4 unspecified atom stereocenters. The first-order chi connectivity index (χ1) is 17.6. The van der Waals surface area contributed by atoms with Crippen LogP contribution < -0.4 is 0 Å². The number of carbonyl (C=O) groups excluding carboxylic acids is 1. The molecule has 5 saturated carbocycles. The van der Waals surface area contributed by atoms with Crippen LogP contribution in [-0.4, -0.2) is 52.5 Å². The molecule has 7 rings (SSSR count). The highest BCUT2D eigenvalue weighted by molar-refractivity contribution is 5.66. The molecule has 5 aliphatic carbocycles. The van der Waals surface area contributed by atoms with E-state index in [1.165, 1.54) is 12.8 Å². The van der Waals surface area contributed by atoms with E-state index in [1.54, 1.807) is 6.92 Å². The number of aliphatic hydroxyl groups excluding tert-OH is 2. The summed E-state index contributed by atoms with van der Waals surface area (Å²) < 4.78 is 18.4. The monoisotopic (exact) mass is 530 g/mol. The first-order valence-corrected chi connectivity index (χ1v) is 15.5. The Balaban J connectivity index is 1.23. The van der Waals surface area contributed by atoms with E-state index in [0.29, 0.717) is 17.8 Å². The number of hydrogen-bond acceptors (Lipinski definition) is 6. The molecule has 214 valence electrons. The lowest BCUT2D eigenvalue weighted by Gasteiger charge is -2.68. The van der Waals surface area contributed by atoms with Crippen LogP contribution in [0, 0.1) is 50.7 Å². The second kappa shape index (κ2) is 7.57. The van der Waals surface area contributed by atoms with Gasteiger partial charge in [0.25, 0.3) is 0 Å². The lowest BCUT2D eigenvalue weighted by Crippen LogP contribution is -2.66. The van der Waals surface area contributed by atoms with Gasteiger partial charge in [-0.05, 0) is 111 Å². The summed E-state index contributed by atoms with van der Waals surface area (Å²) in [5.74, 6) is 1.24. The average molecular weight is 531 g/mol. The van der Waals surface area contributed by atoms with E-state index in [4.69, 9.17) is 14.2 Å². The van der Waals surface area contributed by atoms with Crippen molar-refractivity contribution >= 4 is 5.97 Å². The number of ether oxygens (including phenoxy) is 3. The minimum absolute atomic E-state index is 0.0129. The molecular formula is C32H50O6. The van der Waals surface area contributed by atoms with E-state index in [1.807, 2.05) is 0 Å². The van der Waals surface area contributed by atoms with Crippen molar-refractivity contribution in [3.05, 3.63) is 0 Å². The van der Waals surface area contributed by atoms with E-state index < -0.39 is 6.29 Å². The minimum atomic E-state index is -0.709. The predicted molar refractivity (Wildman–Crippen MR) is 142 cm³/mol. The van der Waals surface area contributed by atoms with Crippen LogP contribution in [0.25, 0.3) is 0 Å². The summed E-state index contributed by atoms with van der Waals surface area (Å²) in [5, 5.41) is 22.2. The van der Waals surface area contributed by atoms with E-state index in [-0.39, 0.29) is 69.0 Å². The molecule has 7 aliphatic rings. The van der Waals surface area contributed by atoms with Crippen LogP contribution in [0.15, 0.2) is 0 Å². The van der Waals surface area contributed by atoms with Crippen molar-refractivity contribution in [1.82, 2.24) is 0 Å². The second-order valence-electron chi connectivity index (χ2n) is 16.3. The number of esters is 1. The van der Waals surface area contributed by atoms with Gasteiger partial charge in [0.05, 0.1) is 17.8 Å². The Labute approximate surface area is 228 Å². The number of rotatable bonds is 3. The molecule has 38 heavy (non-hydrogen) atoms. The Hall–Kier alpha value is -0.690. The van der Waals surface area contributed by atoms with Gasteiger partial charge in [0.15, 0.2) is 6.29 Å². The molecule has 0 bridgehead atoms. The molecule has 13 atom stereocenters. The molecule has 2 saturated heterocycles. The predicted octanol–water partition coefficient (Wildman–Crippen LogP) is 5.23. The molecule has 0 spiro atoms. The van der Waals surface area contributed by atoms with Crippen molar-refractivity contribution in [3.63, 3.8) is 0 Å².